The van der Waals surface area contributed by atoms with Crippen molar-refractivity contribution in [2.24, 2.45) is 12.8 Å². The number of anilines is 1. The number of nitrogens with two attached hydrogens (primary N) is 1. The van der Waals surface area contributed by atoms with E-state index in [1.807, 2.05) is 0 Å². The summed E-state index contributed by atoms with van der Waals surface area (Å²) in [6.07, 6.45) is 1.26. The monoisotopic (exact) mass is 339 g/mol. The maximum Gasteiger partial charge on any atom is 0.329 e. The van der Waals surface area contributed by atoms with Crippen LogP contribution in [0.2, 0.25) is 0 Å². The maximum atomic E-state index is 12.4. The molecule has 0 aliphatic heterocycles. The van der Waals surface area contributed by atoms with Crippen LogP contribution in [0.1, 0.15) is 20.7 Å². The van der Waals surface area contributed by atoms with Gasteiger partial charge in [-0.2, -0.15) is 0 Å². The number of fused-ring (bicyclic) bond motifs is 1. The molecule has 0 bridgehead atoms. The van der Waals surface area contributed by atoms with E-state index in [0.29, 0.717) is 5.69 Å². The Hall–Kier alpha value is -3.75. The number of carbonyl (C=O) groups is 2. The third kappa shape index (κ3) is 3.02. The Kier molecular flexibility index (Phi) is 3.89. The second kappa shape index (κ2) is 6.04. The molecule has 3 aromatic rings. The summed E-state index contributed by atoms with van der Waals surface area (Å²) < 4.78 is 1.18. The predicted octanol–water partition coefficient (Wildman–Crippen LogP) is -0.0270. The first-order chi connectivity index (χ1) is 11.9. The number of amides is 2. The van der Waals surface area contributed by atoms with E-state index in [1.165, 1.54) is 36.0 Å². The molecular weight excluding hydrogens is 326 g/mol. The van der Waals surface area contributed by atoms with Crippen molar-refractivity contribution in [3.05, 3.63) is 68.5 Å². The van der Waals surface area contributed by atoms with Gasteiger partial charge in [-0.25, -0.2) is 9.78 Å². The minimum absolute atomic E-state index is 0.112. The van der Waals surface area contributed by atoms with Crippen molar-refractivity contribution in [3.63, 3.8) is 0 Å². The van der Waals surface area contributed by atoms with E-state index in [-0.39, 0.29) is 22.2 Å². The van der Waals surface area contributed by atoms with Crippen LogP contribution in [0.15, 0.2) is 46.1 Å². The summed E-state index contributed by atoms with van der Waals surface area (Å²) in [6, 6.07) is 7.47. The van der Waals surface area contributed by atoms with Crippen molar-refractivity contribution in [2.45, 2.75) is 0 Å². The molecule has 126 valence electrons. The minimum atomic E-state index is -0.629. The largest absolute Gasteiger partial charge is 0.366 e. The van der Waals surface area contributed by atoms with Gasteiger partial charge in [0.25, 0.3) is 11.5 Å². The van der Waals surface area contributed by atoms with Crippen molar-refractivity contribution < 1.29 is 9.59 Å². The van der Waals surface area contributed by atoms with Gasteiger partial charge >= 0.3 is 5.69 Å². The summed E-state index contributed by atoms with van der Waals surface area (Å²) in [5.74, 6) is -1.14. The lowest BCUT2D eigenvalue weighted by Gasteiger charge is -2.08. The molecule has 0 unspecified atom stereocenters. The van der Waals surface area contributed by atoms with Crippen molar-refractivity contribution in [1.82, 2.24) is 14.5 Å². The first kappa shape index (κ1) is 16.1. The zero-order valence-electron chi connectivity index (χ0n) is 13.1. The van der Waals surface area contributed by atoms with Crippen LogP contribution in [0.3, 0.4) is 0 Å². The SMILES string of the molecule is Cn1c(=O)[nH]c(=O)c2cc(C(=O)Nc3cccc(C(N)=O)c3)cnc21. The van der Waals surface area contributed by atoms with E-state index in [4.69, 9.17) is 5.73 Å². The van der Waals surface area contributed by atoms with E-state index >= 15 is 0 Å². The molecule has 0 spiro atoms. The molecule has 0 aliphatic rings. The molecule has 0 saturated heterocycles. The normalized spacial score (nSPS) is 10.6. The molecule has 9 heteroatoms. The Morgan fingerprint density at radius 2 is 1.96 bits per heavy atom. The summed E-state index contributed by atoms with van der Waals surface area (Å²) in [5, 5.41) is 2.71. The van der Waals surface area contributed by atoms with Crippen molar-refractivity contribution in [2.75, 3.05) is 5.32 Å². The van der Waals surface area contributed by atoms with Crippen molar-refractivity contribution in [3.8, 4) is 0 Å². The molecule has 25 heavy (non-hydrogen) atoms. The molecule has 9 nitrogen and oxygen atoms in total. The molecular formula is C16H13N5O4. The molecule has 0 radical (unpaired) electrons. The summed E-state index contributed by atoms with van der Waals surface area (Å²) in [4.78, 5) is 53.2. The minimum Gasteiger partial charge on any atom is -0.366 e. The fourth-order valence-electron chi connectivity index (χ4n) is 2.31. The Labute approximate surface area is 140 Å². The highest BCUT2D eigenvalue weighted by atomic mass is 16.2. The average molecular weight is 339 g/mol. The average Bonchev–Trinajstić information content (AvgIpc) is 2.59. The van der Waals surface area contributed by atoms with Crippen LogP contribution in [0, 0.1) is 0 Å². The third-order valence-electron chi connectivity index (χ3n) is 3.62. The van der Waals surface area contributed by atoms with Gasteiger partial charge in [0.2, 0.25) is 5.91 Å². The molecule has 0 saturated carbocycles. The first-order valence-electron chi connectivity index (χ1n) is 7.17. The summed E-state index contributed by atoms with van der Waals surface area (Å²) in [7, 11) is 1.46. The first-order valence-corrected chi connectivity index (χ1v) is 7.17. The van der Waals surface area contributed by atoms with Gasteiger partial charge in [-0.3, -0.25) is 23.9 Å². The number of hydrogen-bond donors (Lipinski definition) is 3. The molecule has 0 aliphatic carbocycles. The quantitative estimate of drug-likeness (QED) is 0.615. The van der Waals surface area contributed by atoms with E-state index in [0.717, 1.165) is 0 Å². The number of aromatic amines is 1. The Balaban J connectivity index is 1.98. The van der Waals surface area contributed by atoms with Crippen LogP contribution >= 0.6 is 0 Å². The molecule has 0 atom stereocenters. The van der Waals surface area contributed by atoms with Gasteiger partial charge in [0.1, 0.15) is 5.65 Å². The highest BCUT2D eigenvalue weighted by Gasteiger charge is 2.12. The number of primary amides is 1. The number of hydrogen-bond acceptors (Lipinski definition) is 5. The molecule has 3 rings (SSSR count). The van der Waals surface area contributed by atoms with Gasteiger partial charge in [-0.05, 0) is 24.3 Å². The molecule has 4 N–H and O–H groups in total. The van der Waals surface area contributed by atoms with Crippen molar-refractivity contribution >= 4 is 28.5 Å². The number of aryl methyl sites for hydroxylation is 1. The topological polar surface area (TPSA) is 140 Å². The van der Waals surface area contributed by atoms with Crippen LogP contribution in [-0.2, 0) is 7.05 Å². The van der Waals surface area contributed by atoms with E-state index in [9.17, 15) is 19.2 Å². The van der Waals surface area contributed by atoms with E-state index in [2.05, 4.69) is 15.3 Å². The van der Waals surface area contributed by atoms with Gasteiger partial charge in [0.15, 0.2) is 0 Å². The molecule has 0 fully saturated rings. The third-order valence-corrected chi connectivity index (χ3v) is 3.62. The van der Waals surface area contributed by atoms with Gasteiger partial charge in [0.05, 0.1) is 10.9 Å². The number of nitrogens with one attached hydrogen (secondary N) is 2. The zero-order valence-corrected chi connectivity index (χ0v) is 13.1. The van der Waals surface area contributed by atoms with Gasteiger partial charge in [0, 0.05) is 24.5 Å². The number of rotatable bonds is 3. The van der Waals surface area contributed by atoms with Crippen LogP contribution in [0.25, 0.3) is 11.0 Å². The number of H-pyrrole nitrogens is 1. The number of pyridine rings is 1. The zero-order chi connectivity index (χ0) is 18.1. The van der Waals surface area contributed by atoms with Crippen molar-refractivity contribution in [1.29, 1.82) is 0 Å². The summed E-state index contributed by atoms with van der Waals surface area (Å²) >= 11 is 0. The lowest BCUT2D eigenvalue weighted by Crippen LogP contribution is -2.29. The smallest absolute Gasteiger partial charge is 0.329 e. The van der Waals surface area contributed by atoms with Gasteiger partial charge in [-0.15, -0.1) is 0 Å². The number of aromatic nitrogens is 3. The summed E-state index contributed by atoms with van der Waals surface area (Å²) in [6.45, 7) is 0. The van der Waals surface area contributed by atoms with Gasteiger partial charge < -0.3 is 11.1 Å². The standard InChI is InChI=1S/C16H13N5O4/c1-21-13-11(15(24)20-16(21)25)6-9(7-18-13)14(23)19-10-4-2-3-8(5-10)12(17)22/h2-7H,1H3,(H2,17,22)(H,19,23)(H,20,24,25). The number of benzene rings is 1. The predicted molar refractivity (Wildman–Crippen MR) is 90.5 cm³/mol. The second-order valence-electron chi connectivity index (χ2n) is 5.31. The van der Waals surface area contributed by atoms with Crippen LogP contribution in [0.4, 0.5) is 5.69 Å². The number of carbonyl (C=O) groups excluding carboxylic acids is 2. The highest BCUT2D eigenvalue weighted by molar-refractivity contribution is 6.06. The van der Waals surface area contributed by atoms with E-state index in [1.54, 1.807) is 12.1 Å². The lowest BCUT2D eigenvalue weighted by atomic mass is 10.1. The van der Waals surface area contributed by atoms with Crippen LogP contribution in [-0.4, -0.2) is 26.3 Å². The molecule has 1 aromatic carbocycles. The molecule has 2 heterocycles. The maximum absolute atomic E-state index is 12.4. The molecule has 2 aromatic heterocycles. The highest BCUT2D eigenvalue weighted by Crippen LogP contribution is 2.13. The number of nitrogens with zero attached hydrogens (tertiary/aromatic N) is 2. The Bertz CT molecular complexity index is 1130. The fraction of sp³-hybridized carbons (Fsp3) is 0.0625. The Morgan fingerprint density at radius 3 is 2.68 bits per heavy atom. The fourth-order valence-corrected chi connectivity index (χ4v) is 2.31. The van der Waals surface area contributed by atoms with Gasteiger partial charge in [-0.1, -0.05) is 6.07 Å². The van der Waals surface area contributed by atoms with Crippen LogP contribution < -0.4 is 22.3 Å². The lowest BCUT2D eigenvalue weighted by molar-refractivity contribution is 0.0996. The second-order valence-corrected chi connectivity index (χ2v) is 5.31. The van der Waals surface area contributed by atoms with E-state index < -0.39 is 23.1 Å². The summed E-state index contributed by atoms with van der Waals surface area (Å²) in [5.41, 5.74) is 4.90. The Morgan fingerprint density at radius 1 is 1.20 bits per heavy atom. The molecule has 2 amide bonds. The van der Waals surface area contributed by atoms with Crippen LogP contribution in [0.5, 0.6) is 0 Å².